The van der Waals surface area contributed by atoms with Gasteiger partial charge in [0, 0.05) is 12.4 Å². The Balaban J connectivity index is 1.78. The zero-order chi connectivity index (χ0) is 16.1. The Labute approximate surface area is 134 Å². The average Bonchev–Trinajstić information content (AvgIpc) is 2.63. The second-order valence-corrected chi connectivity index (χ2v) is 4.80. The number of nitrogens with zero attached hydrogens (tertiary/aromatic N) is 2. The van der Waals surface area contributed by atoms with Crippen LogP contribution in [-0.4, -0.2) is 23.0 Å². The molecule has 0 atom stereocenters. The molecule has 0 fully saturated rings. The van der Waals surface area contributed by atoms with Crippen LogP contribution in [0.1, 0.15) is 10.4 Å². The van der Waals surface area contributed by atoms with E-state index in [0.717, 1.165) is 11.4 Å². The number of ether oxygens (including phenoxy) is 1. The van der Waals surface area contributed by atoms with E-state index in [1.807, 2.05) is 30.3 Å². The van der Waals surface area contributed by atoms with E-state index < -0.39 is 0 Å². The molecule has 0 radical (unpaired) electrons. The van der Waals surface area contributed by atoms with Crippen molar-refractivity contribution < 1.29 is 9.53 Å². The summed E-state index contributed by atoms with van der Waals surface area (Å²) in [4.78, 5) is 20.8. The molecule has 0 bridgehead atoms. The van der Waals surface area contributed by atoms with Gasteiger partial charge in [0.25, 0.3) is 5.91 Å². The molecule has 5 nitrogen and oxygen atoms in total. The lowest BCUT2D eigenvalue weighted by atomic mass is 10.2. The fourth-order valence-corrected chi connectivity index (χ4v) is 2.14. The van der Waals surface area contributed by atoms with Gasteiger partial charge in [-0.3, -0.25) is 14.8 Å². The summed E-state index contributed by atoms with van der Waals surface area (Å²) in [7, 11) is 1.56. The van der Waals surface area contributed by atoms with Crippen LogP contribution in [0.2, 0.25) is 0 Å². The Morgan fingerprint density at radius 2 is 1.74 bits per heavy atom. The number of aromatic nitrogens is 2. The molecule has 114 valence electrons. The highest BCUT2D eigenvalue weighted by atomic mass is 16.5. The molecule has 1 amide bonds. The van der Waals surface area contributed by atoms with E-state index in [0.29, 0.717) is 17.0 Å². The molecule has 0 unspecified atom stereocenters. The monoisotopic (exact) mass is 305 g/mol. The van der Waals surface area contributed by atoms with Crippen molar-refractivity contribution in [2.75, 3.05) is 12.4 Å². The Morgan fingerprint density at radius 3 is 2.43 bits per heavy atom. The fourth-order valence-electron chi connectivity index (χ4n) is 2.14. The number of carbonyl (C=O) groups excluding carboxylic acids is 1. The van der Waals surface area contributed by atoms with Gasteiger partial charge in [-0.2, -0.15) is 0 Å². The van der Waals surface area contributed by atoms with Gasteiger partial charge in [0.15, 0.2) is 0 Å². The van der Waals surface area contributed by atoms with Crippen LogP contribution >= 0.6 is 0 Å². The summed E-state index contributed by atoms with van der Waals surface area (Å²) in [6, 6.07) is 16.4. The van der Waals surface area contributed by atoms with E-state index in [4.69, 9.17) is 4.74 Å². The Morgan fingerprint density at radius 1 is 0.957 bits per heavy atom. The number of hydrogen-bond donors (Lipinski definition) is 1. The van der Waals surface area contributed by atoms with Gasteiger partial charge in [-0.05, 0) is 36.4 Å². The van der Waals surface area contributed by atoms with E-state index in [1.54, 1.807) is 37.6 Å². The quantitative estimate of drug-likeness (QED) is 0.802. The molecule has 5 heteroatoms. The van der Waals surface area contributed by atoms with Crippen molar-refractivity contribution >= 4 is 11.6 Å². The molecule has 2 heterocycles. The molecule has 23 heavy (non-hydrogen) atoms. The summed E-state index contributed by atoms with van der Waals surface area (Å²) in [6.45, 7) is 0. The SMILES string of the molecule is COc1ccccc1NC(=O)c1ccc(-c2ccccn2)nc1. The van der Waals surface area contributed by atoms with Crippen LogP contribution in [-0.2, 0) is 0 Å². The van der Waals surface area contributed by atoms with Crippen molar-refractivity contribution in [1.29, 1.82) is 0 Å². The molecule has 0 aliphatic heterocycles. The van der Waals surface area contributed by atoms with Crippen LogP contribution in [0.5, 0.6) is 5.75 Å². The number of pyridine rings is 2. The van der Waals surface area contributed by atoms with Crippen LogP contribution in [0.15, 0.2) is 67.0 Å². The second-order valence-electron chi connectivity index (χ2n) is 4.80. The first kappa shape index (κ1) is 14.7. The van der Waals surface area contributed by atoms with Gasteiger partial charge in [-0.25, -0.2) is 0 Å². The predicted octanol–water partition coefficient (Wildman–Crippen LogP) is 3.40. The van der Waals surface area contributed by atoms with Crippen LogP contribution in [0.25, 0.3) is 11.4 Å². The summed E-state index contributed by atoms with van der Waals surface area (Å²) in [5.41, 5.74) is 2.58. The van der Waals surface area contributed by atoms with Crippen LogP contribution in [0, 0.1) is 0 Å². The summed E-state index contributed by atoms with van der Waals surface area (Å²) >= 11 is 0. The number of amides is 1. The molecule has 0 aliphatic carbocycles. The highest BCUT2D eigenvalue weighted by molar-refractivity contribution is 6.04. The maximum atomic E-state index is 12.3. The number of anilines is 1. The zero-order valence-electron chi connectivity index (χ0n) is 12.6. The topological polar surface area (TPSA) is 64.1 Å². The van der Waals surface area contributed by atoms with Crippen molar-refractivity contribution in [1.82, 2.24) is 9.97 Å². The summed E-state index contributed by atoms with van der Waals surface area (Å²) < 4.78 is 5.22. The molecular weight excluding hydrogens is 290 g/mol. The maximum absolute atomic E-state index is 12.3. The smallest absolute Gasteiger partial charge is 0.257 e. The summed E-state index contributed by atoms with van der Waals surface area (Å²) in [5.74, 6) is 0.369. The number of methoxy groups -OCH3 is 1. The molecule has 0 spiro atoms. The molecule has 1 aromatic carbocycles. The molecule has 0 aliphatic rings. The fraction of sp³-hybridized carbons (Fsp3) is 0.0556. The Bertz CT molecular complexity index is 802. The van der Waals surface area contributed by atoms with Crippen molar-refractivity contribution in [3.63, 3.8) is 0 Å². The van der Waals surface area contributed by atoms with Gasteiger partial charge in [-0.1, -0.05) is 18.2 Å². The van der Waals surface area contributed by atoms with E-state index in [9.17, 15) is 4.79 Å². The molecular formula is C18H15N3O2. The number of nitrogens with one attached hydrogen (secondary N) is 1. The van der Waals surface area contributed by atoms with Gasteiger partial charge < -0.3 is 10.1 Å². The van der Waals surface area contributed by atoms with E-state index in [1.165, 1.54) is 6.20 Å². The molecule has 3 aromatic rings. The highest BCUT2D eigenvalue weighted by Crippen LogP contribution is 2.23. The van der Waals surface area contributed by atoms with Gasteiger partial charge in [0.1, 0.15) is 5.75 Å². The molecule has 0 saturated heterocycles. The lowest BCUT2D eigenvalue weighted by Gasteiger charge is -2.09. The third-order valence-electron chi connectivity index (χ3n) is 3.31. The zero-order valence-corrected chi connectivity index (χ0v) is 12.6. The minimum absolute atomic E-state index is 0.241. The first-order chi connectivity index (χ1) is 11.3. The van der Waals surface area contributed by atoms with E-state index >= 15 is 0 Å². The maximum Gasteiger partial charge on any atom is 0.257 e. The molecule has 2 aromatic heterocycles. The first-order valence-electron chi connectivity index (χ1n) is 7.10. The van der Waals surface area contributed by atoms with Gasteiger partial charge in [0.05, 0.1) is 29.7 Å². The van der Waals surface area contributed by atoms with Crippen molar-refractivity contribution in [3.8, 4) is 17.1 Å². The highest BCUT2D eigenvalue weighted by Gasteiger charge is 2.10. The van der Waals surface area contributed by atoms with Gasteiger partial charge in [-0.15, -0.1) is 0 Å². The standard InChI is InChI=1S/C18H15N3O2/c1-23-17-8-3-2-7-16(17)21-18(22)13-9-10-15(20-12-13)14-6-4-5-11-19-14/h2-12H,1H3,(H,21,22). The lowest BCUT2D eigenvalue weighted by Crippen LogP contribution is -2.13. The molecule has 1 N–H and O–H groups in total. The van der Waals surface area contributed by atoms with Crippen molar-refractivity contribution in [2.45, 2.75) is 0 Å². The minimum atomic E-state index is -0.241. The molecule has 0 saturated carbocycles. The largest absolute Gasteiger partial charge is 0.495 e. The number of carbonyl (C=O) groups is 1. The summed E-state index contributed by atoms with van der Waals surface area (Å²) in [5, 5.41) is 2.82. The van der Waals surface area contributed by atoms with E-state index in [-0.39, 0.29) is 5.91 Å². The lowest BCUT2D eigenvalue weighted by molar-refractivity contribution is 0.102. The van der Waals surface area contributed by atoms with Gasteiger partial charge >= 0.3 is 0 Å². The Hall–Kier alpha value is -3.21. The van der Waals surface area contributed by atoms with Crippen LogP contribution in [0.3, 0.4) is 0 Å². The third-order valence-corrected chi connectivity index (χ3v) is 3.31. The predicted molar refractivity (Wildman–Crippen MR) is 88.4 cm³/mol. The van der Waals surface area contributed by atoms with Crippen molar-refractivity contribution in [3.05, 3.63) is 72.6 Å². The number of hydrogen-bond acceptors (Lipinski definition) is 4. The van der Waals surface area contributed by atoms with E-state index in [2.05, 4.69) is 15.3 Å². The first-order valence-corrected chi connectivity index (χ1v) is 7.10. The summed E-state index contributed by atoms with van der Waals surface area (Å²) in [6.07, 6.45) is 3.24. The minimum Gasteiger partial charge on any atom is -0.495 e. The third kappa shape index (κ3) is 3.35. The van der Waals surface area contributed by atoms with Gasteiger partial charge in [0.2, 0.25) is 0 Å². The van der Waals surface area contributed by atoms with Crippen LogP contribution in [0.4, 0.5) is 5.69 Å². The number of para-hydroxylation sites is 2. The molecule has 3 rings (SSSR count). The average molecular weight is 305 g/mol. The second kappa shape index (κ2) is 6.70. The normalized spacial score (nSPS) is 10.1. The van der Waals surface area contributed by atoms with Crippen molar-refractivity contribution in [2.24, 2.45) is 0 Å². The Kier molecular flexibility index (Phi) is 4.29. The van der Waals surface area contributed by atoms with Crippen LogP contribution < -0.4 is 10.1 Å². The number of benzene rings is 1. The number of rotatable bonds is 4.